The summed E-state index contributed by atoms with van der Waals surface area (Å²) in [5.74, 6) is -1.52. The summed E-state index contributed by atoms with van der Waals surface area (Å²) in [5.41, 5.74) is 3.92. The van der Waals surface area contributed by atoms with Crippen LogP contribution in [0.3, 0.4) is 0 Å². The minimum absolute atomic E-state index is 0.00380. The van der Waals surface area contributed by atoms with Gasteiger partial charge in [0.05, 0.1) is 19.3 Å². The molecule has 0 saturated carbocycles. The summed E-state index contributed by atoms with van der Waals surface area (Å²) in [6.45, 7) is 9.08. The Morgan fingerprint density at radius 3 is 2.39 bits per heavy atom. The van der Waals surface area contributed by atoms with Gasteiger partial charge in [0, 0.05) is 18.3 Å². The summed E-state index contributed by atoms with van der Waals surface area (Å²) in [7, 11) is -2.96. The number of nitrogens with one attached hydrogen (secondary N) is 1. The van der Waals surface area contributed by atoms with Gasteiger partial charge >= 0.3 is 25.9 Å². The van der Waals surface area contributed by atoms with Crippen LogP contribution in [0.15, 0.2) is 0 Å². The molecule has 0 bridgehead atoms. The molecule has 1 aliphatic rings. The lowest BCUT2D eigenvalue weighted by atomic mass is 9.84. The van der Waals surface area contributed by atoms with Crippen LogP contribution in [0, 0.1) is 11.3 Å². The Morgan fingerprint density at radius 2 is 1.81 bits per heavy atom. The predicted octanol–water partition coefficient (Wildman–Crippen LogP) is 2.45. The number of carbonyl (C=O) groups excluding carboxylic acids is 4. The zero-order valence-corrected chi connectivity index (χ0v) is 22.9. The van der Waals surface area contributed by atoms with E-state index < -0.39 is 55.7 Å². The van der Waals surface area contributed by atoms with Crippen molar-refractivity contribution in [1.82, 2.24) is 5.32 Å². The first-order chi connectivity index (χ1) is 16.5. The number of ketones is 1. The molecular weight excluding hydrogens is 499 g/mol. The van der Waals surface area contributed by atoms with Crippen molar-refractivity contribution in [2.45, 2.75) is 78.5 Å². The van der Waals surface area contributed by atoms with Gasteiger partial charge in [-0.25, -0.2) is 13.9 Å². The van der Waals surface area contributed by atoms with Crippen molar-refractivity contribution < 1.29 is 51.5 Å². The number of phosphoric ester groups is 1. The Labute approximate surface area is 211 Å². The highest BCUT2D eigenvalue weighted by atomic mass is 31.2. The molecule has 0 aromatic carbocycles. The quantitative estimate of drug-likeness (QED) is 0.152. The number of Topliss-reactive ketones (excluding diaryl/α,β-unsaturated/α-hetero) is 1. The molecule has 1 unspecified atom stereocenters. The number of phosphoric acid groups is 1. The van der Waals surface area contributed by atoms with E-state index in [4.69, 9.17) is 28.8 Å². The van der Waals surface area contributed by atoms with E-state index >= 15 is 0 Å². The molecule has 0 radical (unpaired) electrons. The molecule has 1 amide bonds. The van der Waals surface area contributed by atoms with Gasteiger partial charge in [-0.05, 0) is 26.2 Å². The molecule has 1 rings (SSSR count). The number of alkyl carbamates (subject to hydrolysis) is 1. The lowest BCUT2D eigenvalue weighted by molar-refractivity contribution is -0.148. The Bertz CT molecular complexity index is 844. The normalized spacial score (nSPS) is 22.4. The largest absolute Gasteiger partial charge is 0.478 e. The minimum Gasteiger partial charge on any atom is -0.469 e. The summed E-state index contributed by atoms with van der Waals surface area (Å²) in [5, 5.41) is 2.48. The third-order valence-electron chi connectivity index (χ3n) is 5.27. The van der Waals surface area contributed by atoms with E-state index in [1.165, 1.54) is 7.11 Å². The molecule has 0 spiro atoms. The Balaban J connectivity index is 2.56. The molecule has 3 atom stereocenters. The van der Waals surface area contributed by atoms with Crippen LogP contribution in [0.5, 0.6) is 0 Å². The van der Waals surface area contributed by atoms with Gasteiger partial charge in [-0.3, -0.25) is 23.4 Å². The first-order valence-corrected chi connectivity index (χ1v) is 13.0. The molecule has 3 N–H and O–H groups in total. The fourth-order valence-corrected chi connectivity index (χ4v) is 4.47. The van der Waals surface area contributed by atoms with Crippen LogP contribution in [0.4, 0.5) is 4.79 Å². The zero-order valence-electron chi connectivity index (χ0n) is 22.0. The van der Waals surface area contributed by atoms with Gasteiger partial charge in [-0.1, -0.05) is 27.7 Å². The number of hydrogen-bond acceptors (Lipinski definition) is 12. The number of ether oxygens (including phenoxy) is 3. The topological polar surface area (TPSA) is 179 Å². The smallest absolute Gasteiger partial charge is 0.469 e. The van der Waals surface area contributed by atoms with Gasteiger partial charge in [0.25, 0.3) is 0 Å². The zero-order chi connectivity index (χ0) is 27.7. The van der Waals surface area contributed by atoms with Crippen LogP contribution in [0.25, 0.3) is 0 Å². The maximum Gasteiger partial charge on any atom is 0.478 e. The van der Waals surface area contributed by atoms with Crippen molar-refractivity contribution in [3.8, 4) is 0 Å². The molecule has 1 aliphatic heterocycles. The summed E-state index contributed by atoms with van der Waals surface area (Å²) in [6, 6.07) is -0.789. The lowest BCUT2D eigenvalue weighted by Gasteiger charge is -2.39. The van der Waals surface area contributed by atoms with Crippen LogP contribution < -0.4 is 11.1 Å². The van der Waals surface area contributed by atoms with Crippen LogP contribution >= 0.6 is 7.82 Å². The Morgan fingerprint density at radius 1 is 1.17 bits per heavy atom. The molecule has 0 aromatic heterocycles. The van der Waals surface area contributed by atoms with E-state index in [9.17, 15) is 23.7 Å². The highest BCUT2D eigenvalue weighted by Gasteiger charge is 2.48. The summed E-state index contributed by atoms with van der Waals surface area (Å²) < 4.78 is 43.1. The van der Waals surface area contributed by atoms with Crippen LogP contribution in [0.1, 0.15) is 60.8 Å². The highest BCUT2D eigenvalue weighted by molar-refractivity contribution is 7.48. The molecule has 0 aromatic rings. The van der Waals surface area contributed by atoms with Crippen molar-refractivity contribution in [3.63, 3.8) is 0 Å². The Kier molecular flexibility index (Phi) is 12.0. The Hall–Kier alpha value is -2.05. The number of amides is 1. The van der Waals surface area contributed by atoms with E-state index in [1.807, 2.05) is 0 Å². The number of carbonyl (C=O) groups is 4. The van der Waals surface area contributed by atoms with Crippen molar-refractivity contribution >= 4 is 31.6 Å². The fraction of sp³-hybridized carbons (Fsp3) is 0.818. The van der Waals surface area contributed by atoms with E-state index in [2.05, 4.69) is 10.1 Å². The molecule has 13 nitrogen and oxygen atoms in total. The summed E-state index contributed by atoms with van der Waals surface area (Å²) >= 11 is 0. The molecule has 1 fully saturated rings. The maximum absolute atomic E-state index is 12.9. The van der Waals surface area contributed by atoms with Crippen LogP contribution in [-0.2, 0) is 46.7 Å². The van der Waals surface area contributed by atoms with Gasteiger partial charge in [0.1, 0.15) is 18.8 Å². The van der Waals surface area contributed by atoms with Crippen molar-refractivity contribution in [2.75, 3.05) is 27.1 Å². The van der Waals surface area contributed by atoms with E-state index in [0.717, 1.165) is 0 Å². The monoisotopic (exact) mass is 538 g/mol. The van der Waals surface area contributed by atoms with Crippen LogP contribution in [0.2, 0.25) is 0 Å². The second-order valence-electron chi connectivity index (χ2n) is 10.2. The number of rotatable bonds is 13. The second kappa shape index (κ2) is 13.5. The average Bonchev–Trinajstić information content (AvgIpc) is 2.78. The highest BCUT2D eigenvalue weighted by Crippen LogP contribution is 2.57. The number of methoxy groups -OCH3 is 1. The maximum atomic E-state index is 12.9. The van der Waals surface area contributed by atoms with E-state index in [0.29, 0.717) is 0 Å². The van der Waals surface area contributed by atoms with Gasteiger partial charge in [0.2, 0.25) is 6.79 Å². The summed E-state index contributed by atoms with van der Waals surface area (Å²) in [6.07, 6.45) is -1.75. The second-order valence-corrected chi connectivity index (χ2v) is 11.8. The third kappa shape index (κ3) is 10.5. The fourth-order valence-electron chi connectivity index (χ4n) is 2.94. The first kappa shape index (κ1) is 32.0. The molecule has 14 heteroatoms. The summed E-state index contributed by atoms with van der Waals surface area (Å²) in [4.78, 5) is 47.9. The SMILES string of the molecule is COC(=O)CCCC(=O)[C@@H]1OP(=O)(OCOC(=O)NC(C)(C)COC(=O)[C@@H](N)C(C)C)OCC1(C)C. The average molecular weight is 539 g/mol. The van der Waals surface area contributed by atoms with Gasteiger partial charge in [0.15, 0.2) is 5.78 Å². The molecule has 1 heterocycles. The molecule has 0 aliphatic carbocycles. The first-order valence-electron chi connectivity index (χ1n) is 11.6. The van der Waals surface area contributed by atoms with Crippen LogP contribution in [-0.4, -0.2) is 68.6 Å². The van der Waals surface area contributed by atoms with Crippen molar-refractivity contribution in [1.29, 1.82) is 0 Å². The van der Waals surface area contributed by atoms with Crippen molar-refractivity contribution in [2.24, 2.45) is 17.1 Å². The number of esters is 2. The van der Waals surface area contributed by atoms with E-state index in [1.54, 1.807) is 41.5 Å². The van der Waals surface area contributed by atoms with Gasteiger partial charge < -0.3 is 25.3 Å². The third-order valence-corrected chi connectivity index (χ3v) is 6.61. The molecule has 36 heavy (non-hydrogen) atoms. The molecular formula is C22H39N2O11P. The number of hydrogen-bond donors (Lipinski definition) is 2. The van der Waals surface area contributed by atoms with Gasteiger partial charge in [-0.2, -0.15) is 0 Å². The lowest BCUT2D eigenvalue weighted by Crippen LogP contribution is -2.49. The number of nitrogens with two attached hydrogens (primary N) is 1. The minimum atomic E-state index is -4.21. The molecule has 208 valence electrons. The standard InChI is InChI=1S/C22H39N2O11P/c1-14(2)17(23)19(27)31-12-22(5,6)24-20(28)32-13-34-36(29)33-11-21(3,4)18(35-36)15(25)9-8-10-16(26)30-7/h14,17-18H,8-13,23H2,1-7H3,(H,24,28)/t17-,18-,36?/m0/s1. The van der Waals surface area contributed by atoms with Crippen molar-refractivity contribution in [3.05, 3.63) is 0 Å². The predicted molar refractivity (Wildman–Crippen MR) is 127 cm³/mol. The van der Waals surface area contributed by atoms with Gasteiger partial charge in [-0.15, -0.1) is 0 Å². The van der Waals surface area contributed by atoms with E-state index in [-0.39, 0.29) is 44.2 Å². The molecule has 1 saturated heterocycles.